The SMILES string of the molecule is CC1CCN(c2ccc(CNc3ccc(S(=O)(=O)C(F)(F)F)cc3[N+](=O)[O-])cn2)CC1. The Morgan fingerprint density at radius 1 is 1.23 bits per heavy atom. The maximum absolute atomic E-state index is 12.7. The van der Waals surface area contributed by atoms with E-state index in [0.29, 0.717) is 23.6 Å². The molecule has 1 aliphatic heterocycles. The molecule has 1 aromatic carbocycles. The van der Waals surface area contributed by atoms with E-state index in [1.165, 1.54) is 0 Å². The van der Waals surface area contributed by atoms with Gasteiger partial charge in [0.1, 0.15) is 11.5 Å². The molecule has 31 heavy (non-hydrogen) atoms. The summed E-state index contributed by atoms with van der Waals surface area (Å²) in [6.07, 6.45) is 3.80. The Bertz CT molecular complexity index is 1050. The first kappa shape index (κ1) is 22.8. The number of piperidine rings is 1. The maximum atomic E-state index is 12.7. The Hall–Kier alpha value is -2.89. The molecule has 0 spiro atoms. The molecule has 0 radical (unpaired) electrons. The molecule has 3 rings (SSSR count). The molecule has 0 amide bonds. The Labute approximate surface area is 177 Å². The predicted molar refractivity (Wildman–Crippen MR) is 109 cm³/mol. The van der Waals surface area contributed by atoms with Crippen LogP contribution in [0.1, 0.15) is 25.3 Å². The van der Waals surface area contributed by atoms with Crippen molar-refractivity contribution >= 4 is 27.0 Å². The van der Waals surface area contributed by atoms with E-state index >= 15 is 0 Å². The third-order valence-corrected chi connectivity index (χ3v) is 6.66. The number of hydrogen-bond donors (Lipinski definition) is 1. The molecule has 0 atom stereocenters. The summed E-state index contributed by atoms with van der Waals surface area (Å²) in [5.41, 5.74) is -5.71. The minimum absolute atomic E-state index is 0.0970. The second kappa shape index (κ2) is 8.69. The van der Waals surface area contributed by atoms with Crippen LogP contribution in [0.15, 0.2) is 41.4 Å². The average molecular weight is 458 g/mol. The lowest BCUT2D eigenvalue weighted by atomic mass is 9.99. The van der Waals surface area contributed by atoms with Crippen molar-refractivity contribution in [2.24, 2.45) is 5.92 Å². The van der Waals surface area contributed by atoms with Crippen molar-refractivity contribution in [2.45, 2.75) is 36.7 Å². The van der Waals surface area contributed by atoms with Crippen LogP contribution in [-0.4, -0.2) is 36.9 Å². The molecule has 1 aromatic heterocycles. The van der Waals surface area contributed by atoms with Crippen molar-refractivity contribution < 1.29 is 26.5 Å². The number of rotatable bonds is 6. The number of hydrogen-bond acceptors (Lipinski definition) is 7. The molecule has 0 aliphatic carbocycles. The van der Waals surface area contributed by atoms with Crippen LogP contribution in [-0.2, 0) is 16.4 Å². The summed E-state index contributed by atoms with van der Waals surface area (Å²) in [4.78, 5) is 15.8. The van der Waals surface area contributed by atoms with Gasteiger partial charge in [-0.15, -0.1) is 0 Å². The molecule has 0 bridgehead atoms. The topological polar surface area (TPSA) is 105 Å². The molecule has 0 saturated carbocycles. The number of nitrogens with one attached hydrogen (secondary N) is 1. The summed E-state index contributed by atoms with van der Waals surface area (Å²) in [7, 11) is -5.68. The quantitative estimate of drug-likeness (QED) is 0.512. The lowest BCUT2D eigenvalue weighted by Crippen LogP contribution is -2.33. The molecule has 168 valence electrons. The van der Waals surface area contributed by atoms with Crippen molar-refractivity contribution in [3.05, 3.63) is 52.2 Å². The van der Waals surface area contributed by atoms with Gasteiger partial charge >= 0.3 is 5.51 Å². The van der Waals surface area contributed by atoms with Crippen LogP contribution in [0.25, 0.3) is 0 Å². The summed E-state index contributed by atoms with van der Waals surface area (Å²) in [5.74, 6) is 1.52. The number of benzene rings is 1. The Morgan fingerprint density at radius 3 is 2.45 bits per heavy atom. The summed E-state index contributed by atoms with van der Waals surface area (Å²) >= 11 is 0. The number of aromatic nitrogens is 1. The van der Waals surface area contributed by atoms with Gasteiger partial charge < -0.3 is 10.2 Å². The van der Waals surface area contributed by atoms with Crippen molar-refractivity contribution in [1.82, 2.24) is 4.98 Å². The van der Waals surface area contributed by atoms with E-state index < -0.39 is 30.9 Å². The normalized spacial score (nSPS) is 15.7. The molecular formula is C19H21F3N4O4S. The highest BCUT2D eigenvalue weighted by molar-refractivity contribution is 7.92. The van der Waals surface area contributed by atoms with Gasteiger partial charge in [-0.05, 0) is 42.5 Å². The number of halogens is 3. The van der Waals surface area contributed by atoms with Crippen LogP contribution < -0.4 is 10.2 Å². The fourth-order valence-electron chi connectivity index (χ4n) is 3.26. The van der Waals surface area contributed by atoms with E-state index in [9.17, 15) is 31.7 Å². The highest BCUT2D eigenvalue weighted by atomic mass is 32.2. The van der Waals surface area contributed by atoms with Gasteiger partial charge in [0.25, 0.3) is 15.5 Å². The molecule has 1 N–H and O–H groups in total. The van der Waals surface area contributed by atoms with E-state index in [2.05, 4.69) is 22.1 Å². The fraction of sp³-hybridized carbons (Fsp3) is 0.421. The Balaban J connectivity index is 1.73. The molecule has 8 nitrogen and oxygen atoms in total. The zero-order chi connectivity index (χ0) is 22.8. The Kier molecular flexibility index (Phi) is 6.39. The number of nitrogens with zero attached hydrogens (tertiary/aromatic N) is 3. The summed E-state index contributed by atoms with van der Waals surface area (Å²) in [6.45, 7) is 4.18. The van der Waals surface area contributed by atoms with Gasteiger partial charge in [-0.25, -0.2) is 13.4 Å². The molecule has 1 fully saturated rings. The molecule has 12 heteroatoms. The van der Waals surface area contributed by atoms with E-state index in [0.717, 1.165) is 37.8 Å². The fourth-order valence-corrected chi connectivity index (χ4v) is 4.04. The highest BCUT2D eigenvalue weighted by Crippen LogP contribution is 2.35. The first-order valence-electron chi connectivity index (χ1n) is 9.52. The summed E-state index contributed by atoms with van der Waals surface area (Å²) < 4.78 is 61.2. The molecule has 2 aromatic rings. The van der Waals surface area contributed by atoms with Gasteiger partial charge in [-0.2, -0.15) is 13.2 Å². The van der Waals surface area contributed by atoms with Crippen molar-refractivity contribution in [3.8, 4) is 0 Å². The number of anilines is 2. The highest BCUT2D eigenvalue weighted by Gasteiger charge is 2.47. The molecule has 1 aliphatic rings. The van der Waals surface area contributed by atoms with Crippen molar-refractivity contribution in [2.75, 3.05) is 23.3 Å². The largest absolute Gasteiger partial charge is 0.501 e. The van der Waals surface area contributed by atoms with E-state index in [1.54, 1.807) is 6.20 Å². The predicted octanol–water partition coefficient (Wildman–Crippen LogP) is 4.13. The summed E-state index contributed by atoms with van der Waals surface area (Å²) in [6, 6.07) is 5.70. The second-order valence-corrected chi connectivity index (χ2v) is 9.37. The zero-order valence-electron chi connectivity index (χ0n) is 16.6. The lowest BCUT2D eigenvalue weighted by Gasteiger charge is -2.31. The van der Waals surface area contributed by atoms with Gasteiger partial charge in [0.05, 0.1) is 9.82 Å². The van der Waals surface area contributed by atoms with Gasteiger partial charge in [-0.1, -0.05) is 13.0 Å². The monoisotopic (exact) mass is 458 g/mol. The maximum Gasteiger partial charge on any atom is 0.501 e. The molecule has 0 unspecified atom stereocenters. The van der Waals surface area contributed by atoms with Crippen LogP contribution >= 0.6 is 0 Å². The van der Waals surface area contributed by atoms with Gasteiger partial charge in [0.2, 0.25) is 0 Å². The molecular weight excluding hydrogens is 437 g/mol. The van der Waals surface area contributed by atoms with E-state index in [-0.39, 0.29) is 12.2 Å². The second-order valence-electron chi connectivity index (χ2n) is 7.43. The van der Waals surface area contributed by atoms with Crippen molar-refractivity contribution in [1.29, 1.82) is 0 Å². The van der Waals surface area contributed by atoms with Crippen LogP contribution in [0.2, 0.25) is 0 Å². The molecule has 2 heterocycles. The van der Waals surface area contributed by atoms with Crippen LogP contribution in [0.4, 0.5) is 30.4 Å². The Morgan fingerprint density at radius 2 is 1.90 bits per heavy atom. The van der Waals surface area contributed by atoms with Gasteiger partial charge in [-0.3, -0.25) is 10.1 Å². The first-order chi connectivity index (χ1) is 14.5. The van der Waals surface area contributed by atoms with Gasteiger partial charge in [0.15, 0.2) is 0 Å². The van der Waals surface area contributed by atoms with Crippen LogP contribution in [0.5, 0.6) is 0 Å². The third kappa shape index (κ3) is 5.06. The average Bonchev–Trinajstić information content (AvgIpc) is 2.72. The van der Waals surface area contributed by atoms with Crippen LogP contribution in [0.3, 0.4) is 0 Å². The lowest BCUT2D eigenvalue weighted by molar-refractivity contribution is -0.384. The minimum atomic E-state index is -5.68. The van der Waals surface area contributed by atoms with Crippen LogP contribution in [0, 0.1) is 16.0 Å². The smallest absolute Gasteiger partial charge is 0.375 e. The molecule has 1 saturated heterocycles. The zero-order valence-corrected chi connectivity index (χ0v) is 17.4. The van der Waals surface area contributed by atoms with Gasteiger partial charge in [0, 0.05) is 31.9 Å². The summed E-state index contributed by atoms with van der Waals surface area (Å²) in [5, 5.41) is 14.0. The first-order valence-corrected chi connectivity index (χ1v) is 11.0. The van der Waals surface area contributed by atoms with E-state index in [4.69, 9.17) is 0 Å². The van der Waals surface area contributed by atoms with Crippen molar-refractivity contribution in [3.63, 3.8) is 0 Å². The standard InChI is InChI=1S/C19H21F3N4O4S/c1-13-6-8-25(9-7-13)18-5-2-14(12-24-18)11-23-16-4-3-15(10-17(16)26(27)28)31(29,30)19(20,21)22/h2-5,10,12-13,23H,6-9,11H2,1H3. The third-order valence-electron chi connectivity index (χ3n) is 5.18. The number of sulfone groups is 1. The number of alkyl halides is 3. The van der Waals surface area contributed by atoms with E-state index in [1.807, 2.05) is 12.1 Å². The minimum Gasteiger partial charge on any atom is -0.375 e. The number of pyridine rings is 1. The number of nitro benzene ring substituents is 1. The number of nitro groups is 1.